The molecular formula is C11H8O2S. The van der Waals surface area contributed by atoms with Crippen LogP contribution in [0, 0.1) is 0 Å². The van der Waals surface area contributed by atoms with Crippen LogP contribution in [0.3, 0.4) is 0 Å². The molecule has 1 aromatic heterocycles. The summed E-state index contributed by atoms with van der Waals surface area (Å²) >= 11 is 1.54. The van der Waals surface area contributed by atoms with Gasteiger partial charge in [-0.05, 0) is 29.6 Å². The zero-order valence-electron chi connectivity index (χ0n) is 7.31. The van der Waals surface area contributed by atoms with Crippen LogP contribution >= 0.6 is 11.3 Å². The number of phenolic OH excluding ortho intramolecular Hbond substituents is 1. The Morgan fingerprint density at radius 2 is 2.14 bits per heavy atom. The molecule has 1 aromatic carbocycles. The van der Waals surface area contributed by atoms with Crippen molar-refractivity contribution in [2.75, 3.05) is 0 Å². The predicted molar refractivity (Wildman–Crippen MR) is 56.8 cm³/mol. The highest BCUT2D eigenvalue weighted by atomic mass is 32.1. The van der Waals surface area contributed by atoms with Gasteiger partial charge in [0.15, 0.2) is 6.29 Å². The monoisotopic (exact) mass is 204 g/mol. The lowest BCUT2D eigenvalue weighted by molar-refractivity contribution is 0.112. The Balaban J connectivity index is 2.61. The molecule has 1 N–H and O–H groups in total. The third kappa shape index (κ3) is 1.54. The molecule has 14 heavy (non-hydrogen) atoms. The van der Waals surface area contributed by atoms with Crippen LogP contribution in [0.4, 0.5) is 0 Å². The van der Waals surface area contributed by atoms with E-state index in [9.17, 15) is 9.90 Å². The molecule has 2 rings (SSSR count). The van der Waals surface area contributed by atoms with Gasteiger partial charge in [-0.25, -0.2) is 0 Å². The molecule has 0 spiro atoms. The average Bonchev–Trinajstić information content (AvgIpc) is 2.70. The summed E-state index contributed by atoms with van der Waals surface area (Å²) in [5, 5.41) is 11.3. The van der Waals surface area contributed by atoms with Crippen LogP contribution in [0.1, 0.15) is 10.4 Å². The Kier molecular flexibility index (Phi) is 2.33. The maximum absolute atomic E-state index is 10.8. The van der Waals surface area contributed by atoms with E-state index in [1.807, 2.05) is 17.5 Å². The van der Waals surface area contributed by atoms with Crippen LogP contribution < -0.4 is 0 Å². The number of rotatable bonds is 2. The number of aldehydes is 1. The van der Waals surface area contributed by atoms with Crippen molar-refractivity contribution in [3.8, 4) is 16.2 Å². The van der Waals surface area contributed by atoms with E-state index in [-0.39, 0.29) is 5.75 Å². The van der Waals surface area contributed by atoms with Crippen LogP contribution in [-0.4, -0.2) is 11.4 Å². The van der Waals surface area contributed by atoms with Crippen LogP contribution in [0.2, 0.25) is 0 Å². The first-order valence-corrected chi connectivity index (χ1v) is 5.01. The first-order valence-electron chi connectivity index (χ1n) is 4.13. The highest BCUT2D eigenvalue weighted by Crippen LogP contribution is 2.29. The van der Waals surface area contributed by atoms with Gasteiger partial charge in [-0.1, -0.05) is 6.07 Å². The smallest absolute Gasteiger partial charge is 0.150 e. The van der Waals surface area contributed by atoms with Crippen molar-refractivity contribution >= 4 is 17.6 Å². The van der Waals surface area contributed by atoms with Gasteiger partial charge in [-0.15, -0.1) is 11.3 Å². The fraction of sp³-hybridized carbons (Fsp3) is 0. The number of hydrogen-bond acceptors (Lipinski definition) is 3. The molecule has 0 saturated carbocycles. The molecule has 0 atom stereocenters. The van der Waals surface area contributed by atoms with Gasteiger partial charge in [-0.3, -0.25) is 4.79 Å². The zero-order chi connectivity index (χ0) is 9.97. The molecule has 0 aliphatic heterocycles. The summed E-state index contributed by atoms with van der Waals surface area (Å²) in [5.74, 6) is 0.180. The van der Waals surface area contributed by atoms with Gasteiger partial charge < -0.3 is 5.11 Å². The number of aromatic hydroxyl groups is 1. The number of carbonyl (C=O) groups is 1. The van der Waals surface area contributed by atoms with E-state index < -0.39 is 0 Å². The molecule has 0 unspecified atom stereocenters. The standard InChI is InChI=1S/C11H8O2S/c12-7-8-3-4-9(13)6-10(8)11-2-1-5-14-11/h1-7,13H. The van der Waals surface area contributed by atoms with Gasteiger partial charge in [-0.2, -0.15) is 0 Å². The van der Waals surface area contributed by atoms with Crippen molar-refractivity contribution in [2.24, 2.45) is 0 Å². The van der Waals surface area contributed by atoms with E-state index in [2.05, 4.69) is 0 Å². The van der Waals surface area contributed by atoms with Crippen molar-refractivity contribution in [1.29, 1.82) is 0 Å². The highest BCUT2D eigenvalue weighted by molar-refractivity contribution is 7.13. The second kappa shape index (κ2) is 3.64. The quantitative estimate of drug-likeness (QED) is 0.763. The van der Waals surface area contributed by atoms with Gasteiger partial charge in [0, 0.05) is 16.0 Å². The van der Waals surface area contributed by atoms with Crippen LogP contribution in [0.5, 0.6) is 5.75 Å². The number of hydrogen-bond donors (Lipinski definition) is 1. The largest absolute Gasteiger partial charge is 0.508 e. The first kappa shape index (κ1) is 8.97. The highest BCUT2D eigenvalue weighted by Gasteiger charge is 2.05. The number of benzene rings is 1. The molecule has 2 nitrogen and oxygen atoms in total. The Labute approximate surface area is 85.4 Å². The van der Waals surface area contributed by atoms with Crippen molar-refractivity contribution in [3.63, 3.8) is 0 Å². The third-order valence-electron chi connectivity index (χ3n) is 1.95. The zero-order valence-corrected chi connectivity index (χ0v) is 8.12. The fourth-order valence-electron chi connectivity index (χ4n) is 1.29. The lowest BCUT2D eigenvalue weighted by Gasteiger charge is -2.02. The molecule has 0 saturated heterocycles. The van der Waals surface area contributed by atoms with Gasteiger partial charge in [0.2, 0.25) is 0 Å². The summed E-state index contributed by atoms with van der Waals surface area (Å²) in [4.78, 5) is 11.7. The van der Waals surface area contributed by atoms with Crippen molar-refractivity contribution in [2.45, 2.75) is 0 Å². The summed E-state index contributed by atoms with van der Waals surface area (Å²) < 4.78 is 0. The summed E-state index contributed by atoms with van der Waals surface area (Å²) in [6.07, 6.45) is 0.800. The van der Waals surface area contributed by atoms with E-state index in [4.69, 9.17) is 0 Å². The van der Waals surface area contributed by atoms with Crippen LogP contribution in [0.15, 0.2) is 35.7 Å². The van der Waals surface area contributed by atoms with E-state index >= 15 is 0 Å². The molecule has 0 aliphatic rings. The maximum Gasteiger partial charge on any atom is 0.150 e. The Bertz CT molecular complexity index is 446. The molecule has 3 heteroatoms. The van der Waals surface area contributed by atoms with Crippen molar-refractivity contribution in [1.82, 2.24) is 0 Å². The number of thiophene rings is 1. The van der Waals surface area contributed by atoms with Crippen LogP contribution in [-0.2, 0) is 0 Å². The summed E-state index contributed by atoms with van der Waals surface area (Å²) in [7, 11) is 0. The van der Waals surface area contributed by atoms with E-state index in [1.165, 1.54) is 6.07 Å². The maximum atomic E-state index is 10.8. The lowest BCUT2D eigenvalue weighted by atomic mass is 10.1. The fourth-order valence-corrected chi connectivity index (χ4v) is 2.06. The number of carbonyl (C=O) groups excluding carboxylic acids is 1. The van der Waals surface area contributed by atoms with Crippen LogP contribution in [0.25, 0.3) is 10.4 Å². The molecule has 0 fully saturated rings. The summed E-state index contributed by atoms with van der Waals surface area (Å²) in [5.41, 5.74) is 1.39. The molecule has 2 aromatic rings. The normalized spacial score (nSPS) is 10.0. The summed E-state index contributed by atoms with van der Waals surface area (Å²) in [6.45, 7) is 0. The van der Waals surface area contributed by atoms with Gasteiger partial charge >= 0.3 is 0 Å². The molecule has 0 amide bonds. The molecular weight excluding hydrogens is 196 g/mol. The lowest BCUT2D eigenvalue weighted by Crippen LogP contribution is -1.84. The average molecular weight is 204 g/mol. The molecule has 70 valence electrons. The third-order valence-corrected chi connectivity index (χ3v) is 2.85. The molecule has 0 aliphatic carbocycles. The minimum atomic E-state index is 0.180. The van der Waals surface area contributed by atoms with E-state index in [1.54, 1.807) is 23.5 Å². The Hall–Kier alpha value is -1.61. The van der Waals surface area contributed by atoms with Gasteiger partial charge in [0.25, 0.3) is 0 Å². The van der Waals surface area contributed by atoms with E-state index in [0.717, 1.165) is 16.7 Å². The Morgan fingerprint density at radius 3 is 2.79 bits per heavy atom. The molecule has 0 bridgehead atoms. The number of phenols is 1. The first-order chi connectivity index (χ1) is 6.81. The summed E-state index contributed by atoms with van der Waals surface area (Å²) in [6, 6.07) is 8.58. The Morgan fingerprint density at radius 1 is 1.29 bits per heavy atom. The minimum absolute atomic E-state index is 0.180. The SMILES string of the molecule is O=Cc1ccc(O)cc1-c1cccs1. The molecule has 1 heterocycles. The second-order valence-electron chi connectivity index (χ2n) is 2.87. The minimum Gasteiger partial charge on any atom is -0.508 e. The van der Waals surface area contributed by atoms with Gasteiger partial charge in [0.1, 0.15) is 5.75 Å². The van der Waals surface area contributed by atoms with Crippen molar-refractivity contribution < 1.29 is 9.90 Å². The van der Waals surface area contributed by atoms with Crippen molar-refractivity contribution in [3.05, 3.63) is 41.3 Å². The topological polar surface area (TPSA) is 37.3 Å². The second-order valence-corrected chi connectivity index (χ2v) is 3.81. The van der Waals surface area contributed by atoms with Gasteiger partial charge in [0.05, 0.1) is 0 Å². The predicted octanol–water partition coefficient (Wildman–Crippen LogP) is 2.93. The molecule has 0 radical (unpaired) electrons. The van der Waals surface area contributed by atoms with E-state index in [0.29, 0.717) is 5.56 Å².